The van der Waals surface area contributed by atoms with Crippen LogP contribution in [0, 0.1) is 0 Å². The Morgan fingerprint density at radius 2 is 1.23 bits per heavy atom. The minimum Gasteiger partial charge on any atom is -0.464 e. The molecule has 1 fully saturated rings. The number of esters is 1. The normalized spacial score (nSPS) is 16.3. The Morgan fingerprint density at radius 3 is 1.74 bits per heavy atom. The molecule has 4 N–H and O–H groups in total. The highest BCUT2D eigenvalue weighted by Crippen LogP contribution is 2.20. The zero-order valence-electron chi connectivity index (χ0n) is 17.8. The van der Waals surface area contributed by atoms with Crippen LogP contribution in [-0.2, 0) is 23.9 Å². The maximum atomic E-state index is 12.3. The Hall–Kier alpha value is -1.58. The number of likely N-dealkylation sites (tertiary alicyclic amines) is 1. The molecular weight excluding hydrogens is 418 g/mol. The van der Waals surface area contributed by atoms with Crippen LogP contribution in [0.15, 0.2) is 0 Å². The average molecular weight is 453 g/mol. The first-order valence-corrected chi connectivity index (χ1v) is 10.6. The van der Waals surface area contributed by atoms with Gasteiger partial charge in [-0.15, -0.1) is 0 Å². The molecule has 0 aromatic carbocycles. The summed E-state index contributed by atoms with van der Waals surface area (Å²) >= 11 is 0. The minimum atomic E-state index is -0.613. The zero-order valence-corrected chi connectivity index (χ0v) is 17.8. The number of carbonyl (C=O) groups excluding carboxylic acids is 2. The lowest BCUT2D eigenvalue weighted by atomic mass is 10.2. The van der Waals surface area contributed by atoms with Crippen LogP contribution in [0.5, 0.6) is 0 Å². The Labute approximate surface area is 181 Å². The number of ether oxygens (including phenoxy) is 2. The summed E-state index contributed by atoms with van der Waals surface area (Å²) in [5.41, 5.74) is 0. The second-order valence-corrected chi connectivity index (χ2v) is 7.13. The molecule has 31 heavy (non-hydrogen) atoms. The van der Waals surface area contributed by atoms with E-state index in [9.17, 15) is 9.59 Å². The van der Waals surface area contributed by atoms with Crippen molar-refractivity contribution in [3.05, 3.63) is 0 Å². The van der Waals surface area contributed by atoms with Gasteiger partial charge in [0.25, 0.3) is 0 Å². The fraction of sp³-hybridized carbons (Fsp3) is 0.889. The van der Waals surface area contributed by atoms with Crippen molar-refractivity contribution < 1.29 is 49.6 Å². The molecule has 1 amide bonds. The summed E-state index contributed by atoms with van der Waals surface area (Å²) in [6.07, 6.45) is 6.55. The van der Waals surface area contributed by atoms with E-state index in [1.54, 1.807) is 0 Å². The van der Waals surface area contributed by atoms with E-state index >= 15 is 0 Å². The van der Waals surface area contributed by atoms with Crippen molar-refractivity contribution in [3.63, 3.8) is 0 Å². The van der Waals surface area contributed by atoms with Crippen LogP contribution in [0.2, 0.25) is 0 Å². The first kappa shape index (κ1) is 27.5. The van der Waals surface area contributed by atoms with Crippen molar-refractivity contribution >= 4 is 12.1 Å². The average Bonchev–Trinajstić information content (AvgIpc) is 3.21. The third kappa shape index (κ3) is 13.4. The zero-order chi connectivity index (χ0) is 22.9. The van der Waals surface area contributed by atoms with E-state index in [4.69, 9.17) is 30.3 Å². The molecule has 1 unspecified atom stereocenters. The molecule has 1 aliphatic heterocycles. The summed E-state index contributed by atoms with van der Waals surface area (Å²) in [6, 6.07) is -0.613. The van der Waals surface area contributed by atoms with Crippen molar-refractivity contribution in [2.24, 2.45) is 0 Å². The van der Waals surface area contributed by atoms with Crippen molar-refractivity contribution in [1.82, 2.24) is 15.7 Å². The van der Waals surface area contributed by atoms with Crippen LogP contribution < -0.4 is 0 Å². The highest BCUT2D eigenvalue weighted by atomic mass is 17.1. The van der Waals surface area contributed by atoms with Crippen LogP contribution in [0.25, 0.3) is 0 Å². The fourth-order valence-electron chi connectivity index (χ4n) is 3.15. The van der Waals surface area contributed by atoms with E-state index in [0.29, 0.717) is 45.1 Å². The molecule has 1 saturated heterocycles. The Morgan fingerprint density at radius 1 is 0.742 bits per heavy atom. The van der Waals surface area contributed by atoms with Crippen LogP contribution in [0.1, 0.15) is 64.2 Å². The molecule has 1 atom stereocenters. The van der Waals surface area contributed by atoms with Gasteiger partial charge >= 0.3 is 12.1 Å². The number of amides is 1. The monoisotopic (exact) mass is 453 g/mol. The molecule has 13 nitrogen and oxygen atoms in total. The lowest BCUT2D eigenvalue weighted by Gasteiger charge is -2.22. The molecular formula is C18H35N3O10. The topological polar surface area (TPSA) is 162 Å². The fourth-order valence-corrected chi connectivity index (χ4v) is 3.15. The smallest absolute Gasteiger partial charge is 0.410 e. The van der Waals surface area contributed by atoms with Gasteiger partial charge in [0.2, 0.25) is 0 Å². The first-order valence-electron chi connectivity index (χ1n) is 10.6. The minimum absolute atomic E-state index is 0.185. The number of hydrogen-bond donors (Lipinski definition) is 4. The van der Waals surface area contributed by atoms with Crippen molar-refractivity contribution in [1.29, 1.82) is 0 Å². The Bertz CT molecular complexity index is 453. The maximum absolute atomic E-state index is 12.3. The van der Waals surface area contributed by atoms with Crippen molar-refractivity contribution in [2.45, 2.75) is 70.3 Å². The van der Waals surface area contributed by atoms with Crippen LogP contribution >= 0.6 is 0 Å². The van der Waals surface area contributed by atoms with E-state index in [-0.39, 0.29) is 37.2 Å². The summed E-state index contributed by atoms with van der Waals surface area (Å²) in [4.78, 5) is 34.8. The molecule has 0 saturated carbocycles. The molecule has 0 spiro atoms. The van der Waals surface area contributed by atoms with Crippen molar-refractivity contribution in [3.8, 4) is 0 Å². The molecule has 1 heterocycles. The predicted octanol–water partition coefficient (Wildman–Crippen LogP) is 2.28. The summed E-state index contributed by atoms with van der Waals surface area (Å²) in [6.45, 7) is 1.34. The molecule has 13 heteroatoms. The third-order valence-corrected chi connectivity index (χ3v) is 4.72. The second-order valence-electron chi connectivity index (χ2n) is 7.13. The highest BCUT2D eigenvalue weighted by Gasteiger charge is 2.36. The van der Waals surface area contributed by atoms with Gasteiger partial charge < -0.3 is 9.47 Å². The van der Waals surface area contributed by atoms with E-state index < -0.39 is 18.1 Å². The highest BCUT2D eigenvalue weighted by molar-refractivity contribution is 5.82. The van der Waals surface area contributed by atoms with Gasteiger partial charge in [0.1, 0.15) is 6.04 Å². The largest absolute Gasteiger partial charge is 0.464 e. The van der Waals surface area contributed by atoms with Gasteiger partial charge in [-0.25, -0.2) is 9.59 Å². The molecule has 1 aliphatic rings. The summed E-state index contributed by atoms with van der Waals surface area (Å²) in [5.74, 6) is -0.421. The Balaban J connectivity index is 2.10. The molecule has 1 rings (SSSR count). The van der Waals surface area contributed by atoms with E-state index in [0.717, 1.165) is 25.7 Å². The van der Waals surface area contributed by atoms with Gasteiger partial charge in [-0.1, -0.05) is 12.8 Å². The summed E-state index contributed by atoms with van der Waals surface area (Å²) in [5, 5.41) is 32.9. The number of hydrogen-bond acceptors (Lipinski definition) is 12. The maximum Gasteiger partial charge on any atom is 0.410 e. The number of nitrogens with zero attached hydrogens (tertiary/aromatic N) is 3. The van der Waals surface area contributed by atoms with Gasteiger partial charge in [-0.05, 0) is 51.4 Å². The predicted molar refractivity (Wildman–Crippen MR) is 102 cm³/mol. The van der Waals surface area contributed by atoms with E-state index in [1.165, 1.54) is 4.90 Å². The molecule has 0 radical (unpaired) electrons. The standard InChI is InChI=1S/C18H35N3O10/c22-17(28-12-5-1-3-7-14-30-20(24)25)16-10-9-11-19(16)18(23)29-13-6-2-4-8-15-31-21(26)27/h16,24-27H,1-15H2. The summed E-state index contributed by atoms with van der Waals surface area (Å²) in [7, 11) is 0. The molecule has 0 bridgehead atoms. The Kier molecular flexibility index (Phi) is 15.1. The van der Waals surface area contributed by atoms with Gasteiger partial charge in [0.05, 0.1) is 37.2 Å². The molecule has 0 aromatic rings. The van der Waals surface area contributed by atoms with E-state index in [2.05, 4.69) is 9.68 Å². The number of rotatable bonds is 17. The van der Waals surface area contributed by atoms with Gasteiger partial charge in [-0.3, -0.25) is 35.4 Å². The second kappa shape index (κ2) is 17.0. The molecule has 0 aromatic heterocycles. The van der Waals surface area contributed by atoms with E-state index in [1.807, 2.05) is 0 Å². The quantitative estimate of drug-likeness (QED) is 0.145. The third-order valence-electron chi connectivity index (χ3n) is 4.72. The first-order chi connectivity index (χ1) is 14.9. The lowest BCUT2D eigenvalue weighted by molar-refractivity contribution is -0.492. The van der Waals surface area contributed by atoms with Gasteiger partial charge in [0, 0.05) is 6.54 Å². The van der Waals surface area contributed by atoms with Crippen LogP contribution in [0.4, 0.5) is 4.79 Å². The number of carbonyl (C=O) groups is 2. The van der Waals surface area contributed by atoms with Crippen molar-refractivity contribution in [2.75, 3.05) is 33.0 Å². The van der Waals surface area contributed by atoms with Gasteiger partial charge in [-0.2, -0.15) is 0 Å². The summed E-state index contributed by atoms with van der Waals surface area (Å²) < 4.78 is 10.5. The van der Waals surface area contributed by atoms with Gasteiger partial charge in [0.15, 0.2) is 0 Å². The van der Waals surface area contributed by atoms with Crippen LogP contribution in [0.3, 0.4) is 0 Å². The SMILES string of the molecule is O=C(OCCCCCCON(O)O)C1CCCN1C(=O)OCCCCCCON(O)O. The lowest BCUT2D eigenvalue weighted by Crippen LogP contribution is -2.41. The number of unbranched alkanes of at least 4 members (excludes halogenated alkanes) is 6. The van der Waals surface area contributed by atoms with Crippen LogP contribution in [-0.4, -0.2) is 87.6 Å². The molecule has 182 valence electrons. The molecule has 0 aliphatic carbocycles.